The molecule has 2 aliphatic rings. The summed E-state index contributed by atoms with van der Waals surface area (Å²) in [6.45, 7) is 0. The number of hydrogen-bond acceptors (Lipinski definition) is 3. The Hall–Kier alpha value is -2.49. The molecule has 0 spiro atoms. The van der Waals surface area contributed by atoms with Crippen LogP contribution in [-0.2, 0) is 0 Å². The summed E-state index contributed by atoms with van der Waals surface area (Å²) in [7, 11) is 0. The summed E-state index contributed by atoms with van der Waals surface area (Å²) < 4.78 is 0. The van der Waals surface area contributed by atoms with Gasteiger partial charge in [0.05, 0.1) is 5.52 Å². The Morgan fingerprint density at radius 3 is 3.05 bits per heavy atom. The first-order valence-electron chi connectivity index (χ1n) is 7.20. The van der Waals surface area contributed by atoms with Gasteiger partial charge in [0.2, 0.25) is 0 Å². The Balaban J connectivity index is 1.50. The van der Waals surface area contributed by atoms with Crippen LogP contribution in [0, 0.1) is 11.8 Å². The molecule has 1 aromatic heterocycles. The summed E-state index contributed by atoms with van der Waals surface area (Å²) in [5.74, 6) is 0.900. The minimum absolute atomic E-state index is 0.248. The molecule has 0 aliphatic heterocycles. The summed E-state index contributed by atoms with van der Waals surface area (Å²) in [6.07, 6.45) is 6.46. The van der Waals surface area contributed by atoms with Crippen LogP contribution in [0.1, 0.15) is 23.3 Å². The number of carbonyl (C=O) groups is 1. The van der Waals surface area contributed by atoms with Gasteiger partial charge in [-0.1, -0.05) is 36.4 Å². The molecular formula is C17H15N3O. The van der Waals surface area contributed by atoms with E-state index < -0.39 is 0 Å². The van der Waals surface area contributed by atoms with Crippen molar-refractivity contribution in [2.45, 2.75) is 12.8 Å². The molecule has 1 heterocycles. The van der Waals surface area contributed by atoms with Gasteiger partial charge >= 0.3 is 0 Å². The van der Waals surface area contributed by atoms with E-state index in [0.717, 1.165) is 29.5 Å². The van der Waals surface area contributed by atoms with E-state index in [1.807, 2.05) is 30.3 Å². The number of amides is 1. The summed E-state index contributed by atoms with van der Waals surface area (Å²) in [5, 5.41) is 5.29. The number of nitrogens with one attached hydrogen (secondary N) is 1. The minimum Gasteiger partial charge on any atom is -0.266 e. The number of benzene rings is 1. The van der Waals surface area contributed by atoms with E-state index in [9.17, 15) is 4.79 Å². The highest BCUT2D eigenvalue weighted by atomic mass is 16.2. The van der Waals surface area contributed by atoms with Crippen LogP contribution in [0.5, 0.6) is 0 Å². The van der Waals surface area contributed by atoms with Crippen LogP contribution in [-0.4, -0.2) is 16.6 Å². The first-order chi connectivity index (χ1) is 10.3. The topological polar surface area (TPSA) is 54.4 Å². The quantitative estimate of drug-likeness (QED) is 0.678. The molecule has 4 heteroatoms. The molecule has 4 rings (SSSR count). The fraction of sp³-hybridized carbons (Fsp3) is 0.235. The highest BCUT2D eigenvalue weighted by molar-refractivity contribution is 5.98. The number of aromatic nitrogens is 1. The number of hydrazone groups is 1. The molecular weight excluding hydrogens is 262 g/mol. The van der Waals surface area contributed by atoms with E-state index in [4.69, 9.17) is 0 Å². The molecule has 2 atom stereocenters. The van der Waals surface area contributed by atoms with Gasteiger partial charge < -0.3 is 0 Å². The van der Waals surface area contributed by atoms with Crippen molar-refractivity contribution in [1.29, 1.82) is 0 Å². The van der Waals surface area contributed by atoms with Crippen LogP contribution in [0.3, 0.4) is 0 Å². The Kier molecular flexibility index (Phi) is 2.81. The van der Waals surface area contributed by atoms with Gasteiger partial charge in [-0.3, -0.25) is 4.79 Å². The zero-order valence-electron chi connectivity index (χ0n) is 11.5. The maximum absolute atomic E-state index is 12.1. The molecule has 0 bridgehead atoms. The van der Waals surface area contributed by atoms with Crippen LogP contribution in [0.4, 0.5) is 0 Å². The summed E-state index contributed by atoms with van der Waals surface area (Å²) >= 11 is 0. The number of nitrogens with zero attached hydrogens (tertiary/aromatic N) is 2. The first kappa shape index (κ1) is 12.3. The van der Waals surface area contributed by atoms with Crippen molar-refractivity contribution >= 4 is 22.5 Å². The minimum atomic E-state index is -0.248. The molecule has 2 unspecified atom stereocenters. The van der Waals surface area contributed by atoms with Gasteiger partial charge in [-0.2, -0.15) is 5.10 Å². The van der Waals surface area contributed by atoms with Gasteiger partial charge in [-0.25, -0.2) is 10.4 Å². The Morgan fingerprint density at radius 1 is 1.24 bits per heavy atom. The largest absolute Gasteiger partial charge is 0.289 e. The fourth-order valence-corrected chi connectivity index (χ4v) is 3.04. The summed E-state index contributed by atoms with van der Waals surface area (Å²) in [5.41, 5.74) is 4.96. The average molecular weight is 277 g/mol. The molecule has 1 amide bonds. The lowest BCUT2D eigenvalue weighted by Gasteiger charge is -2.31. The van der Waals surface area contributed by atoms with Crippen molar-refractivity contribution in [1.82, 2.24) is 10.4 Å². The Morgan fingerprint density at radius 2 is 2.14 bits per heavy atom. The fourth-order valence-electron chi connectivity index (χ4n) is 3.04. The second-order valence-electron chi connectivity index (χ2n) is 5.57. The molecule has 1 saturated carbocycles. The second-order valence-corrected chi connectivity index (χ2v) is 5.57. The van der Waals surface area contributed by atoms with Gasteiger partial charge in [0.25, 0.3) is 5.91 Å². The molecule has 0 saturated heterocycles. The average Bonchev–Trinajstić information content (AvgIpc) is 2.88. The summed E-state index contributed by atoms with van der Waals surface area (Å²) in [6, 6.07) is 11.4. The molecule has 2 aromatic rings. The Bertz CT molecular complexity index is 778. The molecule has 4 nitrogen and oxygen atoms in total. The van der Waals surface area contributed by atoms with Crippen molar-refractivity contribution in [2.75, 3.05) is 0 Å². The van der Waals surface area contributed by atoms with Gasteiger partial charge in [0, 0.05) is 17.0 Å². The highest BCUT2D eigenvalue weighted by Crippen LogP contribution is 2.40. The zero-order chi connectivity index (χ0) is 14.2. The molecule has 2 aliphatic carbocycles. The smallest absolute Gasteiger partial charge is 0.266 e. The number of rotatable bonds is 2. The lowest BCUT2D eigenvalue weighted by Crippen LogP contribution is -2.35. The van der Waals surface area contributed by atoms with E-state index in [1.54, 1.807) is 6.07 Å². The maximum Gasteiger partial charge on any atom is 0.289 e. The van der Waals surface area contributed by atoms with Gasteiger partial charge in [0.1, 0.15) is 5.69 Å². The van der Waals surface area contributed by atoms with Crippen LogP contribution in [0.15, 0.2) is 53.7 Å². The summed E-state index contributed by atoms with van der Waals surface area (Å²) in [4.78, 5) is 16.5. The molecule has 21 heavy (non-hydrogen) atoms. The molecule has 104 valence electrons. The number of hydrogen-bond donors (Lipinski definition) is 1. The maximum atomic E-state index is 12.1. The predicted octanol–water partition coefficient (Wildman–Crippen LogP) is 2.92. The molecule has 1 fully saturated rings. The number of carbonyl (C=O) groups excluding carboxylic acids is 1. The third-order valence-corrected chi connectivity index (χ3v) is 4.30. The highest BCUT2D eigenvalue weighted by Gasteiger charge is 2.38. The van der Waals surface area contributed by atoms with Crippen LogP contribution >= 0.6 is 0 Å². The molecule has 1 aromatic carbocycles. The van der Waals surface area contributed by atoms with E-state index in [0.29, 0.717) is 17.5 Å². The van der Waals surface area contributed by atoms with Gasteiger partial charge in [-0.05, 0) is 30.9 Å². The Labute approximate surface area is 122 Å². The van der Waals surface area contributed by atoms with Gasteiger partial charge in [0.15, 0.2) is 0 Å². The van der Waals surface area contributed by atoms with Crippen LogP contribution in [0.2, 0.25) is 0 Å². The van der Waals surface area contributed by atoms with Crippen LogP contribution in [0.25, 0.3) is 10.9 Å². The first-order valence-corrected chi connectivity index (χ1v) is 7.20. The standard InChI is InChI=1S/C17H15N3O/c21-17(20-19-16-10-12-5-3-6-13(12)16)15-9-8-11-4-1-2-7-14(11)18-15/h1-5,7-9,12-13H,6,10H2,(H,20,21). The van der Waals surface area contributed by atoms with E-state index in [1.165, 1.54) is 0 Å². The van der Waals surface area contributed by atoms with Crippen molar-refractivity contribution in [3.05, 3.63) is 54.2 Å². The number of allylic oxidation sites excluding steroid dienone is 2. The van der Waals surface area contributed by atoms with E-state index in [-0.39, 0.29) is 5.91 Å². The normalized spacial score (nSPS) is 24.9. The number of fused-ring (bicyclic) bond motifs is 2. The monoisotopic (exact) mass is 277 g/mol. The van der Waals surface area contributed by atoms with Crippen molar-refractivity contribution in [2.24, 2.45) is 16.9 Å². The third kappa shape index (κ3) is 2.13. The molecule has 0 radical (unpaired) electrons. The van der Waals surface area contributed by atoms with Crippen molar-refractivity contribution in [3.8, 4) is 0 Å². The molecule has 1 N–H and O–H groups in total. The van der Waals surface area contributed by atoms with E-state index >= 15 is 0 Å². The number of para-hydroxylation sites is 1. The van der Waals surface area contributed by atoms with Crippen molar-refractivity contribution < 1.29 is 4.79 Å². The number of pyridine rings is 1. The second kappa shape index (κ2) is 4.81. The van der Waals surface area contributed by atoms with Crippen molar-refractivity contribution in [3.63, 3.8) is 0 Å². The lowest BCUT2D eigenvalue weighted by atomic mass is 9.74. The predicted molar refractivity (Wildman–Crippen MR) is 82.0 cm³/mol. The van der Waals surface area contributed by atoms with E-state index in [2.05, 4.69) is 27.7 Å². The third-order valence-electron chi connectivity index (χ3n) is 4.30. The lowest BCUT2D eigenvalue weighted by molar-refractivity contribution is 0.0949. The zero-order valence-corrected chi connectivity index (χ0v) is 11.5. The van der Waals surface area contributed by atoms with Gasteiger partial charge in [-0.15, -0.1) is 0 Å². The SMILES string of the molecule is O=C(NN=C1CC2C=CCC12)c1ccc2ccccc2n1. The van der Waals surface area contributed by atoms with Crippen LogP contribution < -0.4 is 5.43 Å².